The second-order valence-electron chi connectivity index (χ2n) is 17.7. The fourth-order valence-corrected chi connectivity index (χ4v) is 7.58. The Labute approximate surface area is 395 Å². The maximum absolute atomic E-state index is 13.2. The second kappa shape index (κ2) is 50.8. The zero-order valence-electron chi connectivity index (χ0n) is 41.6. The van der Waals surface area contributed by atoms with Gasteiger partial charge in [0, 0.05) is 6.42 Å². The number of nitrogens with one attached hydrogen (secondary N) is 1. The number of esters is 1. The van der Waals surface area contributed by atoms with Crippen molar-refractivity contribution >= 4 is 11.9 Å². The number of rotatable bonds is 46. The molecule has 0 aromatic rings. The molecule has 0 aliphatic rings. The molecule has 0 aromatic heterocycles. The number of unbranched alkanes of at least 4 members (excludes halogenated alkanes) is 24. The summed E-state index contributed by atoms with van der Waals surface area (Å²) < 4.78 is 5.89. The van der Waals surface area contributed by atoms with Crippen molar-refractivity contribution in [2.75, 3.05) is 6.61 Å². The largest absolute Gasteiger partial charge is 0.462 e. The minimum Gasteiger partial charge on any atom is -0.462 e. The maximum Gasteiger partial charge on any atom is 0.306 e. The van der Waals surface area contributed by atoms with Gasteiger partial charge in [-0.2, -0.15) is 0 Å². The lowest BCUT2D eigenvalue weighted by Gasteiger charge is -2.24. The van der Waals surface area contributed by atoms with Crippen LogP contribution in [0.25, 0.3) is 0 Å². The smallest absolute Gasteiger partial charge is 0.306 e. The first-order valence-corrected chi connectivity index (χ1v) is 26.6. The number of carbonyl (C=O) groups excluding carboxylic acids is 2. The molecule has 0 aliphatic carbocycles. The Morgan fingerprint density at radius 2 is 0.859 bits per heavy atom. The molecular formula is C58H99NO5. The summed E-state index contributed by atoms with van der Waals surface area (Å²) in [6.45, 7) is 6.30. The Morgan fingerprint density at radius 3 is 1.33 bits per heavy atom. The molecule has 0 radical (unpaired) electrons. The SMILES string of the molecule is CC\C=C/C=C/C=C/C=C\C=C\C=C\CCCC(CC(=O)NC(CO)C(O)CCCCCCCCCCCCCCCC)OC(=O)CCCCC/C=C/C=C/CCCCCCCCC. The third kappa shape index (κ3) is 45.4. The van der Waals surface area contributed by atoms with Gasteiger partial charge in [-0.1, -0.05) is 253 Å². The lowest BCUT2D eigenvalue weighted by molar-refractivity contribution is -0.151. The molecule has 0 spiro atoms. The molecule has 0 saturated heterocycles. The average molecular weight is 890 g/mol. The molecule has 0 fully saturated rings. The van der Waals surface area contributed by atoms with Crippen molar-refractivity contribution in [1.29, 1.82) is 0 Å². The average Bonchev–Trinajstić information content (AvgIpc) is 3.29. The van der Waals surface area contributed by atoms with Crippen LogP contribution in [0.2, 0.25) is 0 Å². The van der Waals surface area contributed by atoms with E-state index in [0.717, 1.165) is 70.6 Å². The van der Waals surface area contributed by atoms with Crippen LogP contribution in [0.5, 0.6) is 0 Å². The topological polar surface area (TPSA) is 95.9 Å². The number of ether oxygens (including phenoxy) is 1. The molecule has 0 heterocycles. The highest BCUT2D eigenvalue weighted by molar-refractivity contribution is 5.77. The Bertz CT molecular complexity index is 1270. The van der Waals surface area contributed by atoms with Gasteiger partial charge in [-0.15, -0.1) is 0 Å². The van der Waals surface area contributed by atoms with Crippen molar-refractivity contribution in [3.05, 3.63) is 97.2 Å². The predicted octanol–water partition coefficient (Wildman–Crippen LogP) is 16.1. The Kier molecular flexibility index (Phi) is 48.2. The van der Waals surface area contributed by atoms with Crippen LogP contribution in [0.3, 0.4) is 0 Å². The van der Waals surface area contributed by atoms with E-state index in [9.17, 15) is 19.8 Å². The fraction of sp³-hybridized carbons (Fsp3) is 0.690. The minimum absolute atomic E-state index is 0.0110. The van der Waals surface area contributed by atoms with Gasteiger partial charge in [0.1, 0.15) is 6.10 Å². The van der Waals surface area contributed by atoms with Crippen LogP contribution < -0.4 is 5.32 Å². The standard InChI is InChI=1S/C58H99NO5/c1-4-7-10-13-16-19-22-25-28-30-33-36-39-42-45-48-51-58(63)64-54(49-46-43-40-37-34-31-29-26-23-20-17-14-11-8-5-2)52-57(62)59-55(53-60)56(61)50-47-44-41-38-35-32-27-24-21-18-15-12-9-6-3/h8,11,14,17,20,23,26,28-31,33-34,36-37,40,54-56,60-61H,4-7,9-10,12-13,15-16,18-19,21-22,24-25,27,32,35,38-39,41-53H2,1-3H3,(H,59,62)/b11-8-,17-14+,23-20+,29-26-,30-28+,34-31+,36-33+,40-37+. The monoisotopic (exact) mass is 890 g/mol. The van der Waals surface area contributed by atoms with Crippen molar-refractivity contribution in [3.63, 3.8) is 0 Å². The van der Waals surface area contributed by atoms with E-state index in [-0.39, 0.29) is 24.9 Å². The third-order valence-corrected chi connectivity index (χ3v) is 11.6. The van der Waals surface area contributed by atoms with Gasteiger partial charge in [-0.3, -0.25) is 9.59 Å². The van der Waals surface area contributed by atoms with Crippen LogP contribution >= 0.6 is 0 Å². The molecule has 0 rings (SSSR count). The summed E-state index contributed by atoms with van der Waals surface area (Å²) >= 11 is 0. The highest BCUT2D eigenvalue weighted by Crippen LogP contribution is 2.17. The van der Waals surface area contributed by atoms with Gasteiger partial charge >= 0.3 is 5.97 Å². The number of aliphatic hydroxyl groups is 2. The molecule has 3 N–H and O–H groups in total. The first kappa shape index (κ1) is 60.8. The van der Waals surface area contributed by atoms with E-state index in [1.807, 2.05) is 60.8 Å². The third-order valence-electron chi connectivity index (χ3n) is 11.6. The lowest BCUT2D eigenvalue weighted by Crippen LogP contribution is -2.46. The summed E-state index contributed by atoms with van der Waals surface area (Å²) in [5.41, 5.74) is 0. The van der Waals surface area contributed by atoms with Crippen molar-refractivity contribution in [1.82, 2.24) is 5.32 Å². The summed E-state index contributed by atoms with van der Waals surface area (Å²) in [6, 6.07) is -0.737. The van der Waals surface area contributed by atoms with Crippen molar-refractivity contribution < 1.29 is 24.5 Å². The number of amides is 1. The number of hydrogen-bond donors (Lipinski definition) is 3. The first-order valence-electron chi connectivity index (χ1n) is 26.6. The maximum atomic E-state index is 13.2. The zero-order valence-corrected chi connectivity index (χ0v) is 41.6. The highest BCUT2D eigenvalue weighted by atomic mass is 16.5. The summed E-state index contributed by atoms with van der Waals surface area (Å²) in [4.78, 5) is 26.2. The molecule has 3 atom stereocenters. The quantitative estimate of drug-likeness (QED) is 0.0321. The van der Waals surface area contributed by atoms with Crippen molar-refractivity contribution in [2.24, 2.45) is 0 Å². The van der Waals surface area contributed by atoms with Gasteiger partial charge in [0.15, 0.2) is 0 Å². The molecular weight excluding hydrogens is 791 g/mol. The normalized spacial score (nSPS) is 14.0. The molecule has 6 nitrogen and oxygen atoms in total. The summed E-state index contributed by atoms with van der Waals surface area (Å²) in [5.74, 6) is -0.585. The van der Waals surface area contributed by atoms with Crippen molar-refractivity contribution in [3.8, 4) is 0 Å². The molecule has 3 unspecified atom stereocenters. The Hall–Kier alpha value is -3.22. The van der Waals surface area contributed by atoms with E-state index in [4.69, 9.17) is 4.74 Å². The minimum atomic E-state index is -0.818. The van der Waals surface area contributed by atoms with Crippen LogP contribution in [-0.2, 0) is 14.3 Å². The van der Waals surface area contributed by atoms with Gasteiger partial charge < -0.3 is 20.3 Å². The van der Waals surface area contributed by atoms with Crippen LogP contribution in [0.4, 0.5) is 0 Å². The number of hydrogen-bond acceptors (Lipinski definition) is 5. The van der Waals surface area contributed by atoms with E-state index < -0.39 is 18.2 Å². The Morgan fingerprint density at radius 1 is 0.469 bits per heavy atom. The lowest BCUT2D eigenvalue weighted by atomic mass is 10.0. The van der Waals surface area contributed by atoms with Crippen LogP contribution in [0.1, 0.15) is 233 Å². The van der Waals surface area contributed by atoms with Crippen LogP contribution in [0.15, 0.2) is 97.2 Å². The van der Waals surface area contributed by atoms with Gasteiger partial charge in [-0.05, 0) is 64.2 Å². The van der Waals surface area contributed by atoms with E-state index in [1.54, 1.807) is 0 Å². The van der Waals surface area contributed by atoms with E-state index >= 15 is 0 Å². The molecule has 64 heavy (non-hydrogen) atoms. The highest BCUT2D eigenvalue weighted by Gasteiger charge is 2.24. The molecule has 1 amide bonds. The van der Waals surface area contributed by atoms with Crippen molar-refractivity contribution in [2.45, 2.75) is 251 Å². The predicted molar refractivity (Wildman–Crippen MR) is 277 cm³/mol. The van der Waals surface area contributed by atoms with Gasteiger partial charge in [0.2, 0.25) is 5.91 Å². The molecule has 366 valence electrons. The summed E-state index contributed by atoms with van der Waals surface area (Å²) in [7, 11) is 0. The number of allylic oxidation sites excluding steroid dienone is 16. The van der Waals surface area contributed by atoms with Crippen LogP contribution in [0, 0.1) is 0 Å². The summed E-state index contributed by atoms with van der Waals surface area (Å²) in [6.07, 6.45) is 67.5. The molecule has 0 aromatic carbocycles. The molecule has 0 bridgehead atoms. The molecule has 0 saturated carbocycles. The zero-order chi connectivity index (χ0) is 46.7. The first-order chi connectivity index (χ1) is 31.5. The molecule has 0 aliphatic heterocycles. The second-order valence-corrected chi connectivity index (χ2v) is 17.7. The van der Waals surface area contributed by atoms with Gasteiger partial charge in [-0.25, -0.2) is 0 Å². The van der Waals surface area contributed by atoms with E-state index in [2.05, 4.69) is 62.5 Å². The van der Waals surface area contributed by atoms with Gasteiger partial charge in [0.25, 0.3) is 0 Å². The van der Waals surface area contributed by atoms with E-state index in [0.29, 0.717) is 19.3 Å². The summed E-state index contributed by atoms with van der Waals surface area (Å²) in [5, 5.41) is 23.8. The Balaban J connectivity index is 4.76. The number of aliphatic hydroxyl groups excluding tert-OH is 2. The number of carbonyl (C=O) groups is 2. The van der Waals surface area contributed by atoms with Gasteiger partial charge in [0.05, 0.1) is 25.2 Å². The van der Waals surface area contributed by atoms with E-state index in [1.165, 1.54) is 116 Å². The molecule has 6 heteroatoms. The fourth-order valence-electron chi connectivity index (χ4n) is 7.58. The van der Waals surface area contributed by atoms with Crippen LogP contribution in [-0.4, -0.2) is 46.9 Å².